The molecule has 0 aliphatic carbocycles. The second-order valence-corrected chi connectivity index (χ2v) is 4.88. The lowest BCUT2D eigenvalue weighted by Gasteiger charge is -1.97. The Morgan fingerprint density at radius 2 is 1.50 bits per heavy atom. The summed E-state index contributed by atoms with van der Waals surface area (Å²) in [5.74, 6) is -0.141. The first-order chi connectivity index (χ1) is 5.15. The van der Waals surface area contributed by atoms with Crippen LogP contribution in [-0.2, 0) is 10.1 Å². The summed E-state index contributed by atoms with van der Waals surface area (Å²) in [5.41, 5.74) is 5.11. The number of hydrogen-bond acceptors (Lipinski definition) is 3. The van der Waals surface area contributed by atoms with Gasteiger partial charge in [-0.1, -0.05) is 27.7 Å². The third kappa shape index (κ3) is 32.7. The van der Waals surface area contributed by atoms with E-state index in [4.69, 9.17) is 10.3 Å². The van der Waals surface area contributed by atoms with Crippen LogP contribution in [0.2, 0.25) is 0 Å². The molecular weight excluding hydrogens is 178 g/mol. The van der Waals surface area contributed by atoms with E-state index in [-0.39, 0.29) is 11.7 Å². The highest BCUT2D eigenvalue weighted by molar-refractivity contribution is 7.85. The van der Waals surface area contributed by atoms with Gasteiger partial charge in [0.15, 0.2) is 0 Å². The van der Waals surface area contributed by atoms with Crippen LogP contribution in [0.5, 0.6) is 0 Å². The van der Waals surface area contributed by atoms with Crippen molar-refractivity contribution >= 4 is 10.1 Å². The van der Waals surface area contributed by atoms with Crippen molar-refractivity contribution in [1.29, 1.82) is 0 Å². The molecule has 0 aromatic rings. The lowest BCUT2D eigenvalue weighted by atomic mass is 10.3. The van der Waals surface area contributed by atoms with Crippen LogP contribution in [0.15, 0.2) is 0 Å². The Hall–Kier alpha value is -0.130. The molecule has 0 bridgehead atoms. The van der Waals surface area contributed by atoms with Crippen molar-refractivity contribution in [2.24, 2.45) is 11.7 Å². The number of hydrogen-bond donors (Lipinski definition) is 2. The van der Waals surface area contributed by atoms with E-state index >= 15 is 0 Å². The maximum absolute atomic E-state index is 10.00. The largest absolute Gasteiger partial charge is 0.328 e. The minimum Gasteiger partial charge on any atom is -0.328 e. The van der Waals surface area contributed by atoms with E-state index in [1.54, 1.807) is 13.8 Å². The molecule has 0 radical (unpaired) electrons. The van der Waals surface area contributed by atoms with Crippen LogP contribution in [0.1, 0.15) is 27.7 Å². The van der Waals surface area contributed by atoms with Gasteiger partial charge in [-0.25, -0.2) is 0 Å². The summed E-state index contributed by atoms with van der Waals surface area (Å²) < 4.78 is 28.2. The average molecular weight is 197 g/mol. The van der Waals surface area contributed by atoms with E-state index in [9.17, 15) is 8.42 Å². The zero-order valence-electron chi connectivity index (χ0n) is 8.11. The fraction of sp³-hybridized carbons (Fsp3) is 1.00. The van der Waals surface area contributed by atoms with Crippen molar-refractivity contribution in [1.82, 2.24) is 0 Å². The van der Waals surface area contributed by atoms with Gasteiger partial charge in [0.05, 0.1) is 5.75 Å². The molecule has 0 aliphatic heterocycles. The summed E-state index contributed by atoms with van der Waals surface area (Å²) in [6.07, 6.45) is 0. The summed E-state index contributed by atoms with van der Waals surface area (Å²) in [5, 5.41) is 0. The predicted octanol–water partition coefficient (Wildman–Crippen LogP) is 0.884. The second kappa shape index (κ2) is 6.39. The van der Waals surface area contributed by atoms with Gasteiger partial charge in [0.1, 0.15) is 0 Å². The first-order valence-corrected chi connectivity index (χ1v) is 5.46. The summed E-state index contributed by atoms with van der Waals surface area (Å²) >= 11 is 0. The summed E-state index contributed by atoms with van der Waals surface area (Å²) in [6, 6.07) is 0.333. The highest BCUT2D eigenvalue weighted by atomic mass is 32.2. The molecule has 0 rings (SSSR count). The molecule has 0 aromatic carbocycles. The van der Waals surface area contributed by atoms with E-state index in [1.165, 1.54) is 0 Å². The molecule has 0 saturated heterocycles. The van der Waals surface area contributed by atoms with Crippen molar-refractivity contribution in [3.05, 3.63) is 0 Å². The summed E-state index contributed by atoms with van der Waals surface area (Å²) in [4.78, 5) is 0. The minimum absolute atomic E-state index is 0.00463. The second-order valence-electron chi connectivity index (χ2n) is 3.39. The Morgan fingerprint density at radius 1 is 1.25 bits per heavy atom. The fourth-order valence-electron chi connectivity index (χ4n) is 0.421. The third-order valence-electron chi connectivity index (χ3n) is 0.544. The van der Waals surface area contributed by atoms with E-state index < -0.39 is 10.1 Å². The molecule has 0 spiro atoms. The molecule has 0 saturated carbocycles. The van der Waals surface area contributed by atoms with Crippen LogP contribution in [-0.4, -0.2) is 24.8 Å². The Bertz CT molecular complexity index is 182. The quantitative estimate of drug-likeness (QED) is 0.644. The molecular formula is C7H19NO3S. The van der Waals surface area contributed by atoms with Crippen molar-refractivity contribution in [3.8, 4) is 0 Å². The van der Waals surface area contributed by atoms with Gasteiger partial charge in [-0.15, -0.1) is 0 Å². The van der Waals surface area contributed by atoms with Crippen LogP contribution in [0.3, 0.4) is 0 Å². The molecule has 0 heterocycles. The highest BCUT2D eigenvalue weighted by Gasteiger charge is 2.05. The van der Waals surface area contributed by atoms with Crippen LogP contribution in [0.4, 0.5) is 0 Å². The van der Waals surface area contributed by atoms with E-state index in [0.29, 0.717) is 6.04 Å². The summed E-state index contributed by atoms with van der Waals surface area (Å²) in [7, 11) is -3.72. The zero-order chi connectivity index (χ0) is 10.4. The van der Waals surface area contributed by atoms with Gasteiger partial charge in [-0.05, 0) is 12.0 Å². The Morgan fingerprint density at radius 3 is 1.50 bits per heavy atom. The normalized spacial score (nSPS) is 11.3. The van der Waals surface area contributed by atoms with Crippen LogP contribution in [0, 0.1) is 5.92 Å². The molecule has 0 unspecified atom stereocenters. The Labute approximate surface area is 74.9 Å². The lowest BCUT2D eigenvalue weighted by molar-refractivity contribution is 0.473. The van der Waals surface area contributed by atoms with Crippen molar-refractivity contribution in [2.75, 3.05) is 5.75 Å². The summed E-state index contributed by atoms with van der Waals surface area (Å²) in [6.45, 7) is 7.35. The number of rotatable bonds is 2. The van der Waals surface area contributed by atoms with Crippen LogP contribution >= 0.6 is 0 Å². The van der Waals surface area contributed by atoms with Crippen molar-refractivity contribution < 1.29 is 13.0 Å². The molecule has 76 valence electrons. The minimum atomic E-state index is -3.72. The van der Waals surface area contributed by atoms with Gasteiger partial charge in [0.2, 0.25) is 0 Å². The molecule has 12 heavy (non-hydrogen) atoms. The maximum Gasteiger partial charge on any atom is 0.265 e. The SMILES string of the molecule is CC(C)CS(=O)(=O)O.CC(C)N. The first kappa shape index (κ1) is 14.4. The van der Waals surface area contributed by atoms with E-state index in [2.05, 4.69) is 0 Å². The van der Waals surface area contributed by atoms with Gasteiger partial charge in [-0.3, -0.25) is 4.55 Å². The van der Waals surface area contributed by atoms with Crippen molar-refractivity contribution in [2.45, 2.75) is 33.7 Å². The zero-order valence-corrected chi connectivity index (χ0v) is 8.93. The fourth-order valence-corrected chi connectivity index (χ4v) is 1.26. The standard InChI is InChI=1S/C4H10O3S.C3H9N/c1-4(2)3-8(5,6)7;1-3(2)4/h4H,3H2,1-2H3,(H,5,6,7);3H,4H2,1-2H3. The van der Waals surface area contributed by atoms with Gasteiger partial charge < -0.3 is 5.73 Å². The molecule has 0 amide bonds. The molecule has 0 aliphatic rings. The molecule has 0 atom stereocenters. The molecule has 5 heteroatoms. The third-order valence-corrected chi connectivity index (χ3v) is 1.63. The van der Waals surface area contributed by atoms with Gasteiger partial charge in [-0.2, -0.15) is 8.42 Å². The topological polar surface area (TPSA) is 80.4 Å². The van der Waals surface area contributed by atoms with Gasteiger partial charge in [0.25, 0.3) is 10.1 Å². The monoisotopic (exact) mass is 197 g/mol. The van der Waals surface area contributed by atoms with Gasteiger partial charge >= 0.3 is 0 Å². The van der Waals surface area contributed by atoms with Gasteiger partial charge in [0, 0.05) is 0 Å². The Kier molecular flexibility index (Phi) is 7.67. The average Bonchev–Trinajstić information content (AvgIpc) is 1.52. The molecule has 0 fully saturated rings. The molecule has 0 aromatic heterocycles. The van der Waals surface area contributed by atoms with E-state index in [1.807, 2.05) is 13.8 Å². The highest BCUT2D eigenvalue weighted by Crippen LogP contribution is 1.95. The smallest absolute Gasteiger partial charge is 0.265 e. The van der Waals surface area contributed by atoms with Crippen LogP contribution < -0.4 is 5.73 Å². The van der Waals surface area contributed by atoms with E-state index in [0.717, 1.165) is 0 Å². The predicted molar refractivity (Wildman–Crippen MR) is 50.6 cm³/mol. The van der Waals surface area contributed by atoms with Crippen LogP contribution in [0.25, 0.3) is 0 Å². The number of nitrogens with two attached hydrogens (primary N) is 1. The Balaban J connectivity index is 0. The first-order valence-electron chi connectivity index (χ1n) is 3.86. The molecule has 4 nitrogen and oxygen atoms in total. The maximum atomic E-state index is 10.00. The van der Waals surface area contributed by atoms with Crippen molar-refractivity contribution in [3.63, 3.8) is 0 Å². The molecule has 3 N–H and O–H groups in total. The lowest BCUT2D eigenvalue weighted by Crippen LogP contribution is -2.09.